The number of aromatic nitrogens is 2. The predicted octanol–water partition coefficient (Wildman–Crippen LogP) is 3.11. The van der Waals surface area contributed by atoms with E-state index in [4.69, 9.17) is 5.41 Å². The molecule has 1 heterocycles. The Morgan fingerprint density at radius 2 is 2.27 bits per heavy atom. The summed E-state index contributed by atoms with van der Waals surface area (Å²) in [5.74, 6) is 0. The minimum atomic E-state index is -0.307. The van der Waals surface area contributed by atoms with Crippen LogP contribution in [0.4, 0.5) is 11.4 Å². The molecule has 0 radical (unpaired) electrons. The van der Waals surface area contributed by atoms with Crippen LogP contribution in [-0.2, 0) is 12.5 Å². The number of nitriles is 1. The van der Waals surface area contributed by atoms with Crippen LogP contribution in [0.3, 0.4) is 0 Å². The van der Waals surface area contributed by atoms with E-state index < -0.39 is 0 Å². The summed E-state index contributed by atoms with van der Waals surface area (Å²) >= 11 is 0. The standard InChI is InChI=1S/C17H17N5/c1-22-9-14(8-20-22)21-15-6-13(3-2-12(15)7-18)17(11-19)10-16(17)4-5-16/h2-3,6-9,18,21H,4-5,10H2,1H3. The monoisotopic (exact) mass is 291 g/mol. The molecule has 22 heavy (non-hydrogen) atoms. The molecule has 1 spiro atoms. The molecule has 0 amide bonds. The molecule has 4 rings (SSSR count). The fourth-order valence-electron chi connectivity index (χ4n) is 3.55. The van der Waals surface area contributed by atoms with E-state index >= 15 is 0 Å². The zero-order valence-electron chi connectivity index (χ0n) is 12.4. The molecule has 2 saturated carbocycles. The van der Waals surface area contributed by atoms with Crippen LogP contribution in [0.15, 0.2) is 30.6 Å². The van der Waals surface area contributed by atoms with Crippen LogP contribution in [0, 0.1) is 22.2 Å². The Bertz CT molecular complexity index is 809. The smallest absolute Gasteiger partial charge is 0.0885 e. The summed E-state index contributed by atoms with van der Waals surface area (Å²) < 4.78 is 1.73. The van der Waals surface area contributed by atoms with Crippen LogP contribution in [0.5, 0.6) is 0 Å². The molecule has 0 aliphatic heterocycles. The number of nitrogens with zero attached hydrogens (tertiary/aromatic N) is 3. The second kappa shape index (κ2) is 4.20. The van der Waals surface area contributed by atoms with E-state index in [1.807, 2.05) is 31.4 Å². The summed E-state index contributed by atoms with van der Waals surface area (Å²) in [6.07, 6.45) is 8.28. The summed E-state index contributed by atoms with van der Waals surface area (Å²) in [7, 11) is 1.87. The zero-order chi connectivity index (χ0) is 15.4. The largest absolute Gasteiger partial charge is 0.352 e. The number of rotatable bonds is 4. The van der Waals surface area contributed by atoms with Crippen LogP contribution in [-0.4, -0.2) is 16.0 Å². The summed E-state index contributed by atoms with van der Waals surface area (Å²) in [6, 6.07) is 8.51. The normalized spacial score (nSPS) is 23.8. The van der Waals surface area contributed by atoms with Crippen LogP contribution in [0.2, 0.25) is 0 Å². The molecule has 1 aromatic carbocycles. The highest BCUT2D eigenvalue weighted by molar-refractivity contribution is 5.88. The van der Waals surface area contributed by atoms with Crippen molar-refractivity contribution in [1.82, 2.24) is 9.78 Å². The highest BCUT2D eigenvalue weighted by Gasteiger charge is 2.75. The van der Waals surface area contributed by atoms with Gasteiger partial charge >= 0.3 is 0 Å². The minimum absolute atomic E-state index is 0.250. The zero-order valence-corrected chi connectivity index (χ0v) is 12.4. The second-order valence-electron chi connectivity index (χ2n) is 6.45. The maximum Gasteiger partial charge on any atom is 0.0885 e. The van der Waals surface area contributed by atoms with E-state index in [2.05, 4.69) is 16.5 Å². The molecule has 5 nitrogen and oxygen atoms in total. The van der Waals surface area contributed by atoms with Gasteiger partial charge in [0.15, 0.2) is 0 Å². The molecule has 2 fully saturated rings. The van der Waals surface area contributed by atoms with Gasteiger partial charge in [-0.2, -0.15) is 10.4 Å². The molecule has 2 aliphatic rings. The Morgan fingerprint density at radius 1 is 1.45 bits per heavy atom. The third-order valence-electron chi connectivity index (χ3n) is 5.11. The lowest BCUT2D eigenvalue weighted by molar-refractivity contribution is 0.738. The molecular weight excluding hydrogens is 274 g/mol. The summed E-state index contributed by atoms with van der Waals surface area (Å²) in [5.41, 5.74) is 3.57. The quantitative estimate of drug-likeness (QED) is 0.850. The lowest BCUT2D eigenvalue weighted by Gasteiger charge is -2.14. The van der Waals surface area contributed by atoms with Crippen LogP contribution in [0.1, 0.15) is 30.4 Å². The SMILES string of the molecule is Cn1cc(Nc2cc(C3(C#N)CC34CC4)ccc2C=N)cn1. The molecular formula is C17H17N5. The van der Waals surface area contributed by atoms with Crippen LogP contribution in [0.25, 0.3) is 0 Å². The van der Waals surface area contributed by atoms with Gasteiger partial charge in [0.25, 0.3) is 0 Å². The van der Waals surface area contributed by atoms with Crippen molar-refractivity contribution in [3.05, 3.63) is 41.7 Å². The van der Waals surface area contributed by atoms with E-state index in [-0.39, 0.29) is 10.8 Å². The van der Waals surface area contributed by atoms with Gasteiger partial charge in [0.05, 0.1) is 23.4 Å². The molecule has 5 heteroatoms. The molecule has 0 bridgehead atoms. The van der Waals surface area contributed by atoms with Crippen molar-refractivity contribution in [3.8, 4) is 6.07 Å². The fraction of sp³-hybridized carbons (Fsp3) is 0.353. The third kappa shape index (κ3) is 1.70. The number of hydrogen-bond acceptors (Lipinski definition) is 4. The molecule has 2 aromatic rings. The van der Waals surface area contributed by atoms with Gasteiger partial charge in [-0.05, 0) is 36.3 Å². The van der Waals surface area contributed by atoms with Crippen molar-refractivity contribution in [2.45, 2.75) is 24.7 Å². The summed E-state index contributed by atoms with van der Waals surface area (Å²) in [5, 5.41) is 24.7. The molecule has 1 aromatic heterocycles. The van der Waals surface area contributed by atoms with Gasteiger partial charge in [0, 0.05) is 30.7 Å². The molecule has 110 valence electrons. The van der Waals surface area contributed by atoms with Gasteiger partial charge < -0.3 is 10.7 Å². The third-order valence-corrected chi connectivity index (χ3v) is 5.11. The first-order valence-electron chi connectivity index (χ1n) is 7.44. The Morgan fingerprint density at radius 3 is 2.82 bits per heavy atom. The molecule has 0 saturated heterocycles. The predicted molar refractivity (Wildman–Crippen MR) is 84.4 cm³/mol. The molecule has 1 unspecified atom stereocenters. The average molecular weight is 291 g/mol. The maximum absolute atomic E-state index is 9.67. The van der Waals surface area contributed by atoms with Gasteiger partial charge in [-0.25, -0.2) is 0 Å². The van der Waals surface area contributed by atoms with E-state index in [1.165, 1.54) is 6.21 Å². The molecule has 2 N–H and O–H groups in total. The first-order chi connectivity index (χ1) is 10.6. The van der Waals surface area contributed by atoms with E-state index in [0.29, 0.717) is 0 Å². The highest BCUT2D eigenvalue weighted by Crippen LogP contribution is 2.78. The second-order valence-corrected chi connectivity index (χ2v) is 6.45. The first-order valence-corrected chi connectivity index (χ1v) is 7.44. The Labute approximate surface area is 129 Å². The Hall–Kier alpha value is -2.61. The number of benzene rings is 1. The van der Waals surface area contributed by atoms with Gasteiger partial charge in [0.2, 0.25) is 0 Å². The van der Waals surface area contributed by atoms with Gasteiger partial charge in [-0.15, -0.1) is 0 Å². The van der Waals surface area contributed by atoms with Crippen LogP contribution >= 0.6 is 0 Å². The lowest BCUT2D eigenvalue weighted by atomic mass is 9.92. The minimum Gasteiger partial charge on any atom is -0.352 e. The summed E-state index contributed by atoms with van der Waals surface area (Å²) in [6.45, 7) is 0. The van der Waals surface area contributed by atoms with Crippen molar-refractivity contribution in [1.29, 1.82) is 10.7 Å². The van der Waals surface area contributed by atoms with E-state index in [9.17, 15) is 5.26 Å². The fourth-order valence-corrected chi connectivity index (χ4v) is 3.55. The van der Waals surface area contributed by atoms with Gasteiger partial charge in [-0.1, -0.05) is 12.1 Å². The van der Waals surface area contributed by atoms with E-state index in [0.717, 1.165) is 41.8 Å². The average Bonchev–Trinajstić information content (AvgIpc) is 3.40. The molecule has 2 aliphatic carbocycles. The van der Waals surface area contributed by atoms with Gasteiger partial charge in [-0.3, -0.25) is 4.68 Å². The molecule has 1 atom stereocenters. The lowest BCUT2D eigenvalue weighted by Crippen LogP contribution is -2.09. The van der Waals surface area contributed by atoms with E-state index in [1.54, 1.807) is 10.9 Å². The van der Waals surface area contributed by atoms with Gasteiger partial charge in [0.1, 0.15) is 0 Å². The van der Waals surface area contributed by atoms with Crippen molar-refractivity contribution in [2.24, 2.45) is 12.5 Å². The number of aryl methyl sites for hydroxylation is 1. The number of anilines is 2. The number of hydrogen-bond donors (Lipinski definition) is 2. The number of nitrogens with one attached hydrogen (secondary N) is 2. The van der Waals surface area contributed by atoms with Crippen molar-refractivity contribution < 1.29 is 0 Å². The topological polar surface area (TPSA) is 77.5 Å². The Balaban J connectivity index is 1.72. The van der Waals surface area contributed by atoms with Crippen LogP contribution < -0.4 is 5.32 Å². The van der Waals surface area contributed by atoms with Crippen molar-refractivity contribution in [3.63, 3.8) is 0 Å². The van der Waals surface area contributed by atoms with Crippen molar-refractivity contribution >= 4 is 17.6 Å². The maximum atomic E-state index is 9.67. The highest BCUT2D eigenvalue weighted by atomic mass is 15.3. The first kappa shape index (κ1) is 13.1. The Kier molecular flexibility index (Phi) is 2.50. The summed E-state index contributed by atoms with van der Waals surface area (Å²) in [4.78, 5) is 0. The van der Waals surface area contributed by atoms with Crippen molar-refractivity contribution in [2.75, 3.05) is 5.32 Å².